The van der Waals surface area contributed by atoms with Crippen LogP contribution in [0.1, 0.15) is 37.8 Å². The number of rotatable bonds is 5. The van der Waals surface area contributed by atoms with E-state index in [2.05, 4.69) is 0 Å². The molecule has 0 saturated heterocycles. The van der Waals surface area contributed by atoms with Gasteiger partial charge in [-0.3, -0.25) is 4.79 Å². The van der Waals surface area contributed by atoms with Crippen molar-refractivity contribution in [3.8, 4) is 0 Å². The first kappa shape index (κ1) is 13.8. The van der Waals surface area contributed by atoms with Crippen molar-refractivity contribution in [1.82, 2.24) is 0 Å². The van der Waals surface area contributed by atoms with Gasteiger partial charge < -0.3 is 5.73 Å². The highest BCUT2D eigenvalue weighted by atomic mass is 19.1. The van der Waals surface area contributed by atoms with Gasteiger partial charge in [0.25, 0.3) is 0 Å². The summed E-state index contributed by atoms with van der Waals surface area (Å²) in [6.07, 6.45) is 1.72. The number of ketones is 1. The largest absolute Gasteiger partial charge is 0.319 e. The van der Waals surface area contributed by atoms with Gasteiger partial charge in [0.1, 0.15) is 5.82 Å². The van der Waals surface area contributed by atoms with E-state index in [1.54, 1.807) is 13.0 Å². The Kier molecular flexibility index (Phi) is 4.40. The number of Topliss-reactive ketones (excluding diaryl/α,β-unsaturated/α-hetero) is 1. The lowest BCUT2D eigenvalue weighted by molar-refractivity contribution is -0.123. The van der Waals surface area contributed by atoms with E-state index in [9.17, 15) is 9.18 Å². The third kappa shape index (κ3) is 3.63. The number of hydrogen-bond acceptors (Lipinski definition) is 2. The van der Waals surface area contributed by atoms with E-state index in [0.29, 0.717) is 6.42 Å². The lowest BCUT2D eigenvalue weighted by Gasteiger charge is -2.22. The molecule has 1 atom stereocenters. The van der Waals surface area contributed by atoms with Crippen molar-refractivity contribution in [1.29, 1.82) is 0 Å². The summed E-state index contributed by atoms with van der Waals surface area (Å²) in [7, 11) is 0. The molecule has 0 aliphatic rings. The van der Waals surface area contributed by atoms with Crippen LogP contribution in [0.25, 0.3) is 0 Å². The molecule has 0 fully saturated rings. The third-order valence-corrected chi connectivity index (χ3v) is 3.07. The maximum absolute atomic E-state index is 13.1. The first-order chi connectivity index (χ1) is 7.86. The summed E-state index contributed by atoms with van der Waals surface area (Å²) in [5, 5.41) is 0. The van der Waals surface area contributed by atoms with Crippen molar-refractivity contribution in [3.63, 3.8) is 0 Å². The van der Waals surface area contributed by atoms with Gasteiger partial charge in [-0.1, -0.05) is 19.4 Å². The zero-order valence-corrected chi connectivity index (χ0v) is 10.7. The van der Waals surface area contributed by atoms with Crippen LogP contribution in [0.15, 0.2) is 18.2 Å². The lowest BCUT2D eigenvalue weighted by Crippen LogP contribution is -2.45. The van der Waals surface area contributed by atoms with E-state index in [-0.39, 0.29) is 18.0 Å². The molecule has 0 aliphatic heterocycles. The standard InChI is InChI=1S/C14H20FNO/c1-4-7-14(3,16)13(17)9-11-8-12(15)6-5-10(11)2/h5-6,8H,4,7,9,16H2,1-3H3. The van der Waals surface area contributed by atoms with Gasteiger partial charge in [0, 0.05) is 6.42 Å². The number of nitrogens with two attached hydrogens (primary N) is 1. The van der Waals surface area contributed by atoms with Crippen LogP contribution in [-0.2, 0) is 11.2 Å². The summed E-state index contributed by atoms with van der Waals surface area (Å²) >= 11 is 0. The minimum absolute atomic E-state index is 0.0342. The number of carbonyl (C=O) groups excluding carboxylic acids is 1. The number of hydrogen-bond donors (Lipinski definition) is 1. The van der Waals surface area contributed by atoms with Gasteiger partial charge in [-0.15, -0.1) is 0 Å². The fourth-order valence-electron chi connectivity index (χ4n) is 1.86. The monoisotopic (exact) mass is 237 g/mol. The second kappa shape index (κ2) is 5.41. The molecule has 17 heavy (non-hydrogen) atoms. The van der Waals surface area contributed by atoms with Crippen molar-refractivity contribution in [2.45, 2.75) is 45.6 Å². The van der Waals surface area contributed by atoms with Crippen molar-refractivity contribution in [3.05, 3.63) is 35.1 Å². The Bertz CT molecular complexity index is 413. The van der Waals surface area contributed by atoms with E-state index < -0.39 is 5.54 Å². The summed E-state index contributed by atoms with van der Waals surface area (Å²) in [5.41, 5.74) is 6.80. The molecular formula is C14H20FNO. The van der Waals surface area contributed by atoms with Crippen molar-refractivity contribution in [2.75, 3.05) is 0 Å². The minimum atomic E-state index is -0.812. The van der Waals surface area contributed by atoms with Crippen LogP contribution in [-0.4, -0.2) is 11.3 Å². The highest BCUT2D eigenvalue weighted by Crippen LogP contribution is 2.17. The van der Waals surface area contributed by atoms with E-state index in [0.717, 1.165) is 17.5 Å². The molecule has 0 saturated carbocycles. The average Bonchev–Trinajstić information content (AvgIpc) is 2.23. The Morgan fingerprint density at radius 3 is 2.71 bits per heavy atom. The van der Waals surface area contributed by atoms with Gasteiger partial charge in [0.2, 0.25) is 0 Å². The summed E-state index contributed by atoms with van der Waals surface area (Å²) in [5.74, 6) is -0.347. The lowest BCUT2D eigenvalue weighted by atomic mass is 9.88. The molecule has 0 heterocycles. The Morgan fingerprint density at radius 2 is 2.12 bits per heavy atom. The van der Waals surface area contributed by atoms with E-state index in [4.69, 9.17) is 5.73 Å². The predicted octanol–water partition coefficient (Wildman–Crippen LogP) is 2.76. The zero-order chi connectivity index (χ0) is 13.1. The molecular weight excluding hydrogens is 217 g/mol. The topological polar surface area (TPSA) is 43.1 Å². The summed E-state index contributed by atoms with van der Waals surface area (Å²) in [6.45, 7) is 5.61. The quantitative estimate of drug-likeness (QED) is 0.855. The first-order valence-corrected chi connectivity index (χ1v) is 5.94. The third-order valence-electron chi connectivity index (χ3n) is 3.07. The molecule has 0 radical (unpaired) electrons. The molecule has 0 bridgehead atoms. The predicted molar refractivity (Wildman–Crippen MR) is 67.3 cm³/mol. The molecule has 0 aliphatic carbocycles. The van der Waals surface area contributed by atoms with E-state index in [1.807, 2.05) is 13.8 Å². The van der Waals surface area contributed by atoms with Crippen molar-refractivity contribution >= 4 is 5.78 Å². The molecule has 0 aromatic heterocycles. The van der Waals surface area contributed by atoms with Crippen molar-refractivity contribution in [2.24, 2.45) is 5.73 Å². The van der Waals surface area contributed by atoms with Crippen LogP contribution in [0, 0.1) is 12.7 Å². The molecule has 2 nitrogen and oxygen atoms in total. The Labute approximate surface area is 102 Å². The number of halogens is 1. The van der Waals surface area contributed by atoms with Crippen LogP contribution in [0.3, 0.4) is 0 Å². The van der Waals surface area contributed by atoms with Crippen LogP contribution < -0.4 is 5.73 Å². The normalized spacial score (nSPS) is 14.4. The van der Waals surface area contributed by atoms with Gasteiger partial charge in [-0.25, -0.2) is 4.39 Å². The number of benzene rings is 1. The number of aryl methyl sites for hydroxylation is 1. The van der Waals surface area contributed by atoms with Crippen molar-refractivity contribution < 1.29 is 9.18 Å². The molecule has 1 aromatic carbocycles. The summed E-state index contributed by atoms with van der Waals surface area (Å²) in [6, 6.07) is 4.50. The molecule has 1 rings (SSSR count). The van der Waals surface area contributed by atoms with Gasteiger partial charge >= 0.3 is 0 Å². The highest BCUT2D eigenvalue weighted by molar-refractivity contribution is 5.89. The van der Waals surface area contributed by atoms with E-state index in [1.165, 1.54) is 12.1 Å². The van der Waals surface area contributed by atoms with Crippen LogP contribution >= 0.6 is 0 Å². The average molecular weight is 237 g/mol. The SMILES string of the molecule is CCCC(C)(N)C(=O)Cc1cc(F)ccc1C. The van der Waals surface area contributed by atoms with Gasteiger partial charge in [0.15, 0.2) is 5.78 Å². The number of carbonyl (C=O) groups is 1. The second-order valence-corrected chi connectivity index (χ2v) is 4.84. The molecule has 0 spiro atoms. The first-order valence-electron chi connectivity index (χ1n) is 5.94. The summed E-state index contributed by atoms with van der Waals surface area (Å²) < 4.78 is 13.1. The molecule has 1 unspecified atom stereocenters. The highest BCUT2D eigenvalue weighted by Gasteiger charge is 2.27. The van der Waals surface area contributed by atoms with E-state index >= 15 is 0 Å². The van der Waals surface area contributed by atoms with Crippen LogP contribution in [0.5, 0.6) is 0 Å². The maximum Gasteiger partial charge on any atom is 0.156 e. The Balaban J connectivity index is 2.84. The van der Waals surface area contributed by atoms with Crippen LogP contribution in [0.2, 0.25) is 0 Å². The molecule has 2 N–H and O–H groups in total. The summed E-state index contributed by atoms with van der Waals surface area (Å²) in [4.78, 5) is 12.0. The smallest absolute Gasteiger partial charge is 0.156 e. The fraction of sp³-hybridized carbons (Fsp3) is 0.500. The van der Waals surface area contributed by atoms with Gasteiger partial charge in [0.05, 0.1) is 5.54 Å². The Hall–Kier alpha value is -1.22. The van der Waals surface area contributed by atoms with Gasteiger partial charge in [-0.2, -0.15) is 0 Å². The maximum atomic E-state index is 13.1. The second-order valence-electron chi connectivity index (χ2n) is 4.84. The van der Waals surface area contributed by atoms with Gasteiger partial charge in [-0.05, 0) is 43.5 Å². The Morgan fingerprint density at radius 1 is 1.47 bits per heavy atom. The minimum Gasteiger partial charge on any atom is -0.319 e. The zero-order valence-electron chi connectivity index (χ0n) is 10.7. The molecule has 1 aromatic rings. The molecule has 94 valence electrons. The fourth-order valence-corrected chi connectivity index (χ4v) is 1.86. The van der Waals surface area contributed by atoms with Crippen LogP contribution in [0.4, 0.5) is 4.39 Å². The molecule has 3 heteroatoms. The molecule has 0 amide bonds.